The Morgan fingerprint density at radius 1 is 0.938 bits per heavy atom. The number of carbonyl (C=O) groups excluding carboxylic acids is 1. The normalized spacial score (nSPS) is 14.0. The van der Waals surface area contributed by atoms with E-state index >= 15 is 0 Å². The molecule has 0 bridgehead atoms. The maximum absolute atomic E-state index is 10.3. The molecule has 0 spiro atoms. The van der Waals surface area contributed by atoms with Crippen LogP contribution in [0.1, 0.15) is 5.56 Å². The summed E-state index contributed by atoms with van der Waals surface area (Å²) < 4.78 is 0. The van der Waals surface area contributed by atoms with Gasteiger partial charge in [-0.25, -0.2) is 0 Å². The lowest BCUT2D eigenvalue weighted by Crippen LogP contribution is -1.85. The van der Waals surface area contributed by atoms with Crippen LogP contribution in [-0.4, -0.2) is 6.29 Å². The molecule has 0 saturated carbocycles. The molecule has 0 aliphatic carbocycles. The highest BCUT2D eigenvalue weighted by molar-refractivity contribution is 6.60. The Labute approximate surface area is 113 Å². The van der Waals surface area contributed by atoms with E-state index in [9.17, 15) is 4.79 Å². The Balaban J connectivity index is 3.21. The molecule has 1 aromatic rings. The fourth-order valence-electron chi connectivity index (χ4n) is 0.949. The molecule has 0 aliphatic heterocycles. The van der Waals surface area contributed by atoms with Gasteiger partial charge < -0.3 is 0 Å². The summed E-state index contributed by atoms with van der Waals surface area (Å²) >= 11 is 23.1. The van der Waals surface area contributed by atoms with E-state index in [0.717, 1.165) is 0 Å². The molecule has 0 fully saturated rings. The van der Waals surface area contributed by atoms with Crippen molar-refractivity contribution in [2.75, 3.05) is 0 Å². The molecular formula is C11H5Cl4O. The number of hydrogen-bond acceptors (Lipinski definition) is 1. The van der Waals surface area contributed by atoms with Gasteiger partial charge in [-0.2, -0.15) is 0 Å². The van der Waals surface area contributed by atoms with Crippen LogP contribution in [0.5, 0.6) is 0 Å². The number of benzene rings is 1. The first-order valence-electron chi connectivity index (χ1n) is 4.12. The smallest absolute Gasteiger partial charge is 0.247 e. The van der Waals surface area contributed by atoms with E-state index in [1.165, 1.54) is 6.29 Å². The summed E-state index contributed by atoms with van der Waals surface area (Å²) in [5, 5.41) is -0.184. The second kappa shape index (κ2) is 6.31. The van der Waals surface area contributed by atoms with E-state index in [1.807, 2.05) is 6.07 Å². The number of allylic oxidation sites excluding steroid dienone is 3. The second-order valence-electron chi connectivity index (χ2n) is 2.72. The van der Waals surface area contributed by atoms with Gasteiger partial charge in [0.15, 0.2) is 0 Å². The largest absolute Gasteiger partial charge is 0.284 e. The third-order valence-corrected chi connectivity index (χ3v) is 3.41. The average Bonchev–Trinajstić information content (AvgIpc) is 2.36. The third kappa shape index (κ3) is 3.26. The van der Waals surface area contributed by atoms with Crippen molar-refractivity contribution in [2.24, 2.45) is 0 Å². The van der Waals surface area contributed by atoms with Crippen molar-refractivity contribution in [1.29, 1.82) is 0 Å². The van der Waals surface area contributed by atoms with Crippen molar-refractivity contribution in [3.05, 3.63) is 51.0 Å². The van der Waals surface area contributed by atoms with Crippen LogP contribution in [0.2, 0.25) is 0 Å². The van der Waals surface area contributed by atoms with Crippen molar-refractivity contribution in [2.45, 2.75) is 0 Å². The SMILES string of the molecule is O=[C]/C(Cl)=C(Cl)/C(Cl)=C(\Cl)c1ccccc1. The topological polar surface area (TPSA) is 17.1 Å². The molecule has 0 heterocycles. The number of halogens is 4. The lowest BCUT2D eigenvalue weighted by molar-refractivity contribution is 0.563. The minimum absolute atomic E-state index is 0.0166. The first-order chi connectivity index (χ1) is 7.57. The maximum Gasteiger partial charge on any atom is 0.247 e. The Bertz CT molecular complexity index is 448. The summed E-state index contributed by atoms with van der Waals surface area (Å²) in [5.41, 5.74) is 0.683. The van der Waals surface area contributed by atoms with E-state index in [2.05, 4.69) is 0 Å². The molecule has 5 heteroatoms. The quantitative estimate of drug-likeness (QED) is 0.587. The van der Waals surface area contributed by atoms with Crippen LogP contribution in [-0.2, 0) is 4.79 Å². The average molecular weight is 295 g/mol. The summed E-state index contributed by atoms with van der Waals surface area (Å²) in [6.45, 7) is 0. The minimum atomic E-state index is -0.305. The lowest BCUT2D eigenvalue weighted by atomic mass is 10.2. The summed E-state index contributed by atoms with van der Waals surface area (Å²) in [7, 11) is 0. The lowest BCUT2D eigenvalue weighted by Gasteiger charge is -2.03. The third-order valence-electron chi connectivity index (χ3n) is 1.69. The number of rotatable bonds is 3. The van der Waals surface area contributed by atoms with Crippen molar-refractivity contribution in [1.82, 2.24) is 0 Å². The number of hydrogen-bond donors (Lipinski definition) is 0. The van der Waals surface area contributed by atoms with E-state index in [0.29, 0.717) is 5.56 Å². The molecule has 1 nitrogen and oxygen atoms in total. The molecule has 0 aromatic heterocycles. The summed E-state index contributed by atoms with van der Waals surface area (Å²) in [6.07, 6.45) is 1.44. The van der Waals surface area contributed by atoms with Crippen molar-refractivity contribution < 1.29 is 4.79 Å². The first kappa shape index (κ1) is 13.6. The van der Waals surface area contributed by atoms with Crippen LogP contribution in [0.25, 0.3) is 5.03 Å². The van der Waals surface area contributed by atoms with Crippen LogP contribution in [0.15, 0.2) is 45.4 Å². The van der Waals surface area contributed by atoms with Gasteiger partial charge in [0.05, 0.1) is 15.1 Å². The van der Waals surface area contributed by atoms with Crippen molar-refractivity contribution in [3.63, 3.8) is 0 Å². The van der Waals surface area contributed by atoms with Gasteiger partial charge in [0.1, 0.15) is 5.03 Å². The van der Waals surface area contributed by atoms with Gasteiger partial charge >= 0.3 is 0 Å². The van der Waals surface area contributed by atoms with Crippen LogP contribution >= 0.6 is 46.4 Å². The summed E-state index contributed by atoms with van der Waals surface area (Å²) in [6, 6.07) is 8.95. The van der Waals surface area contributed by atoms with Gasteiger partial charge in [0.25, 0.3) is 0 Å². The van der Waals surface area contributed by atoms with Crippen LogP contribution < -0.4 is 0 Å². The Kier molecular flexibility index (Phi) is 5.36. The molecule has 1 radical (unpaired) electrons. The molecule has 0 N–H and O–H groups in total. The molecular weight excluding hydrogens is 290 g/mol. The molecule has 83 valence electrons. The molecule has 0 unspecified atom stereocenters. The van der Waals surface area contributed by atoms with Gasteiger partial charge in [-0.05, 0) is 5.56 Å². The van der Waals surface area contributed by atoms with Crippen molar-refractivity contribution >= 4 is 57.7 Å². The predicted molar refractivity (Wildman–Crippen MR) is 69.5 cm³/mol. The minimum Gasteiger partial charge on any atom is -0.284 e. The van der Waals surface area contributed by atoms with Crippen LogP contribution in [0.3, 0.4) is 0 Å². The first-order valence-corrected chi connectivity index (χ1v) is 5.63. The Morgan fingerprint density at radius 2 is 1.50 bits per heavy atom. The van der Waals surface area contributed by atoms with Gasteiger partial charge in [-0.15, -0.1) is 0 Å². The van der Waals surface area contributed by atoms with E-state index in [-0.39, 0.29) is 20.1 Å². The summed E-state index contributed by atoms with van der Waals surface area (Å²) in [5.74, 6) is 0. The van der Waals surface area contributed by atoms with Crippen molar-refractivity contribution in [3.8, 4) is 0 Å². The predicted octanol–water partition coefficient (Wildman–Crippen LogP) is 4.63. The van der Waals surface area contributed by atoms with Gasteiger partial charge in [-0.1, -0.05) is 76.7 Å². The molecule has 1 rings (SSSR count). The zero-order valence-corrected chi connectivity index (χ0v) is 10.8. The fraction of sp³-hybridized carbons (Fsp3) is 0. The standard InChI is InChI=1S/C11H5Cl4O/c12-8(6-16)10(14)11(15)9(13)7-4-2-1-3-5-7/h1-5H/b10-8+,11-9+. The highest BCUT2D eigenvalue weighted by atomic mass is 35.5. The van der Waals surface area contributed by atoms with Crippen LogP contribution in [0.4, 0.5) is 0 Å². The van der Waals surface area contributed by atoms with Gasteiger partial charge in [0, 0.05) is 0 Å². The second-order valence-corrected chi connectivity index (χ2v) is 4.24. The maximum atomic E-state index is 10.3. The molecule has 0 saturated heterocycles. The molecule has 1 aromatic carbocycles. The zero-order valence-electron chi connectivity index (χ0n) is 7.81. The molecule has 0 amide bonds. The van der Waals surface area contributed by atoms with Gasteiger partial charge in [0.2, 0.25) is 6.29 Å². The molecule has 16 heavy (non-hydrogen) atoms. The fourth-order valence-corrected chi connectivity index (χ4v) is 1.70. The zero-order chi connectivity index (χ0) is 12.1. The molecule has 0 atom stereocenters. The van der Waals surface area contributed by atoms with Gasteiger partial charge in [-0.3, -0.25) is 4.79 Å². The van der Waals surface area contributed by atoms with E-state index in [4.69, 9.17) is 46.4 Å². The monoisotopic (exact) mass is 293 g/mol. The summed E-state index contributed by atoms with van der Waals surface area (Å²) in [4.78, 5) is 10.3. The molecule has 0 aliphatic rings. The van der Waals surface area contributed by atoms with Crippen LogP contribution in [0, 0.1) is 0 Å². The highest BCUT2D eigenvalue weighted by Crippen LogP contribution is 2.33. The van der Waals surface area contributed by atoms with E-state index in [1.54, 1.807) is 24.3 Å². The Hall–Kier alpha value is -0.470. The highest BCUT2D eigenvalue weighted by Gasteiger charge is 2.12. The Morgan fingerprint density at radius 3 is 2.00 bits per heavy atom. The van der Waals surface area contributed by atoms with E-state index < -0.39 is 0 Å².